The van der Waals surface area contributed by atoms with Crippen molar-refractivity contribution >= 4 is 0 Å². The Morgan fingerprint density at radius 1 is 1.33 bits per heavy atom. The molecule has 2 heterocycles. The molecule has 0 fully saturated rings. The van der Waals surface area contributed by atoms with Crippen LogP contribution in [0.4, 0.5) is 0 Å². The second-order valence-corrected chi connectivity index (χ2v) is 5.31. The molecule has 0 saturated heterocycles. The molecule has 7 nitrogen and oxygen atoms in total. The highest BCUT2D eigenvalue weighted by Crippen LogP contribution is 2.44. The van der Waals surface area contributed by atoms with E-state index < -0.39 is 0 Å². The minimum Gasteiger partial charge on any atom is -0.493 e. The topological polar surface area (TPSA) is 106 Å². The molecule has 1 atom stereocenters. The Kier molecular flexibility index (Phi) is 4.04. The van der Waals surface area contributed by atoms with Gasteiger partial charge in [0.05, 0.1) is 20.1 Å². The van der Waals surface area contributed by atoms with Gasteiger partial charge in [-0.3, -0.25) is 5.10 Å². The Bertz CT molecular complexity index is 848. The van der Waals surface area contributed by atoms with E-state index in [0.717, 1.165) is 23.2 Å². The normalized spacial score (nSPS) is 16.2. The van der Waals surface area contributed by atoms with E-state index in [0.29, 0.717) is 23.0 Å². The summed E-state index contributed by atoms with van der Waals surface area (Å²) in [7, 11) is 3.15. The van der Waals surface area contributed by atoms with Crippen molar-refractivity contribution in [3.05, 3.63) is 46.5 Å². The van der Waals surface area contributed by atoms with Gasteiger partial charge in [-0.25, -0.2) is 0 Å². The fraction of sp³-hybridized carbons (Fsp3) is 0.294. The third-order valence-corrected chi connectivity index (χ3v) is 4.11. The van der Waals surface area contributed by atoms with E-state index in [1.165, 1.54) is 0 Å². The minimum atomic E-state index is -0.368. The molecule has 0 amide bonds. The zero-order valence-corrected chi connectivity index (χ0v) is 13.7. The first kappa shape index (κ1) is 15.7. The van der Waals surface area contributed by atoms with E-state index in [1.54, 1.807) is 20.3 Å². The lowest BCUT2D eigenvalue weighted by atomic mass is 9.83. The van der Waals surface area contributed by atoms with Gasteiger partial charge in [0.2, 0.25) is 11.8 Å². The summed E-state index contributed by atoms with van der Waals surface area (Å²) in [4.78, 5) is 0. The SMILES string of the molecule is CCc1[nH]nc2c1[C@H](c1ccc(OC)c(OC)c1)C(C#N)=C(N)O2. The molecule has 3 N–H and O–H groups in total. The van der Waals surface area contributed by atoms with Crippen LogP contribution >= 0.6 is 0 Å². The number of allylic oxidation sites excluding steroid dienone is 1. The number of benzene rings is 1. The van der Waals surface area contributed by atoms with Gasteiger partial charge in [0.1, 0.15) is 11.6 Å². The molecular weight excluding hydrogens is 308 g/mol. The van der Waals surface area contributed by atoms with Crippen LogP contribution in [0, 0.1) is 11.3 Å². The van der Waals surface area contributed by atoms with Gasteiger partial charge in [0.25, 0.3) is 0 Å². The molecule has 0 saturated carbocycles. The summed E-state index contributed by atoms with van der Waals surface area (Å²) in [6, 6.07) is 7.70. The number of nitrogens with two attached hydrogens (primary N) is 1. The molecule has 2 aromatic rings. The zero-order chi connectivity index (χ0) is 17.3. The number of ether oxygens (including phenoxy) is 3. The van der Waals surface area contributed by atoms with Crippen LogP contribution in [-0.2, 0) is 6.42 Å². The Labute approximate surface area is 139 Å². The van der Waals surface area contributed by atoms with Crippen LogP contribution in [0.2, 0.25) is 0 Å². The summed E-state index contributed by atoms with van der Waals surface area (Å²) in [6.07, 6.45) is 0.730. The molecule has 0 unspecified atom stereocenters. The lowest BCUT2D eigenvalue weighted by Gasteiger charge is -2.24. The van der Waals surface area contributed by atoms with Gasteiger partial charge in [-0.2, -0.15) is 5.26 Å². The van der Waals surface area contributed by atoms with Gasteiger partial charge < -0.3 is 19.9 Å². The predicted octanol–water partition coefficient (Wildman–Crippen LogP) is 2.21. The lowest BCUT2D eigenvalue weighted by molar-refractivity contribution is 0.354. The van der Waals surface area contributed by atoms with Gasteiger partial charge in [-0.05, 0) is 24.1 Å². The van der Waals surface area contributed by atoms with Crippen LogP contribution in [0.1, 0.15) is 29.7 Å². The summed E-state index contributed by atoms with van der Waals surface area (Å²) in [5.41, 5.74) is 8.88. The van der Waals surface area contributed by atoms with Crippen molar-refractivity contribution in [3.8, 4) is 23.4 Å². The number of rotatable bonds is 4. The molecule has 0 radical (unpaired) electrons. The Morgan fingerprint density at radius 3 is 2.71 bits per heavy atom. The van der Waals surface area contributed by atoms with Crippen molar-refractivity contribution in [1.29, 1.82) is 5.26 Å². The molecule has 0 aliphatic carbocycles. The molecule has 0 spiro atoms. The summed E-state index contributed by atoms with van der Waals surface area (Å²) in [5.74, 6) is 1.31. The quantitative estimate of drug-likeness (QED) is 0.892. The molecule has 0 bridgehead atoms. The number of hydrogen-bond acceptors (Lipinski definition) is 6. The van der Waals surface area contributed by atoms with Crippen LogP contribution < -0.4 is 19.9 Å². The Hall–Kier alpha value is -3.14. The van der Waals surface area contributed by atoms with Crippen LogP contribution in [0.15, 0.2) is 29.7 Å². The number of methoxy groups -OCH3 is 2. The first-order valence-corrected chi connectivity index (χ1v) is 7.51. The smallest absolute Gasteiger partial charge is 0.244 e. The number of aromatic amines is 1. The molecule has 24 heavy (non-hydrogen) atoms. The highest BCUT2D eigenvalue weighted by molar-refractivity contribution is 5.57. The maximum Gasteiger partial charge on any atom is 0.244 e. The third-order valence-electron chi connectivity index (χ3n) is 4.11. The van der Waals surface area contributed by atoms with Crippen molar-refractivity contribution in [1.82, 2.24) is 10.2 Å². The number of nitriles is 1. The zero-order valence-electron chi connectivity index (χ0n) is 13.7. The summed E-state index contributed by atoms with van der Waals surface area (Å²) >= 11 is 0. The van der Waals surface area contributed by atoms with Crippen molar-refractivity contribution in [2.45, 2.75) is 19.3 Å². The largest absolute Gasteiger partial charge is 0.493 e. The minimum absolute atomic E-state index is 0.0685. The van der Waals surface area contributed by atoms with Gasteiger partial charge in [-0.1, -0.05) is 13.0 Å². The maximum atomic E-state index is 9.59. The van der Waals surface area contributed by atoms with Crippen LogP contribution in [-0.4, -0.2) is 24.4 Å². The average molecular weight is 326 g/mol. The van der Waals surface area contributed by atoms with Crippen molar-refractivity contribution < 1.29 is 14.2 Å². The number of nitrogens with zero attached hydrogens (tertiary/aromatic N) is 2. The highest BCUT2D eigenvalue weighted by atomic mass is 16.5. The van der Waals surface area contributed by atoms with Gasteiger partial charge >= 0.3 is 0 Å². The Balaban J connectivity index is 2.21. The first-order chi connectivity index (χ1) is 11.6. The van der Waals surface area contributed by atoms with Crippen LogP contribution in [0.3, 0.4) is 0 Å². The van der Waals surface area contributed by atoms with Crippen molar-refractivity contribution in [3.63, 3.8) is 0 Å². The fourth-order valence-electron chi connectivity index (χ4n) is 2.94. The standard InChI is InChI=1S/C17H18N4O3/c1-4-11-15-14(9-5-6-12(22-2)13(7-9)23-3)10(8-18)16(19)24-17(15)21-20-11/h5-7,14H,4,19H2,1-3H3,(H,20,21)/t14-/m1/s1. The van der Waals surface area contributed by atoms with Crippen molar-refractivity contribution in [2.24, 2.45) is 5.73 Å². The molecule has 3 rings (SSSR count). The highest BCUT2D eigenvalue weighted by Gasteiger charge is 2.35. The molecule has 124 valence electrons. The lowest BCUT2D eigenvalue weighted by Crippen LogP contribution is -2.21. The van der Waals surface area contributed by atoms with Gasteiger partial charge in [0, 0.05) is 11.3 Å². The maximum absolute atomic E-state index is 9.59. The van der Waals surface area contributed by atoms with E-state index in [1.807, 2.05) is 19.1 Å². The number of H-pyrrole nitrogens is 1. The first-order valence-electron chi connectivity index (χ1n) is 7.51. The van der Waals surface area contributed by atoms with Crippen molar-refractivity contribution in [2.75, 3.05) is 14.2 Å². The van der Waals surface area contributed by atoms with E-state index in [-0.39, 0.29) is 11.8 Å². The van der Waals surface area contributed by atoms with Gasteiger partial charge in [-0.15, -0.1) is 5.10 Å². The second-order valence-electron chi connectivity index (χ2n) is 5.31. The number of hydrogen-bond donors (Lipinski definition) is 2. The van der Waals surface area contributed by atoms with E-state index in [4.69, 9.17) is 19.9 Å². The summed E-state index contributed by atoms with van der Waals surface area (Å²) in [6.45, 7) is 2.01. The molecular formula is C17H18N4O3. The van der Waals surface area contributed by atoms with Crippen LogP contribution in [0.5, 0.6) is 17.4 Å². The Morgan fingerprint density at radius 2 is 2.08 bits per heavy atom. The number of fused-ring (bicyclic) bond motifs is 1. The van der Waals surface area contributed by atoms with E-state index >= 15 is 0 Å². The van der Waals surface area contributed by atoms with E-state index in [9.17, 15) is 5.26 Å². The number of nitrogens with one attached hydrogen (secondary N) is 1. The molecule has 1 aliphatic rings. The molecule has 1 aromatic heterocycles. The fourth-order valence-corrected chi connectivity index (χ4v) is 2.94. The molecule has 1 aromatic carbocycles. The third kappa shape index (κ3) is 2.33. The summed E-state index contributed by atoms with van der Waals surface area (Å²) in [5, 5.41) is 16.7. The molecule has 7 heteroatoms. The second kappa shape index (κ2) is 6.16. The number of aromatic nitrogens is 2. The average Bonchev–Trinajstić information content (AvgIpc) is 3.02. The van der Waals surface area contributed by atoms with Crippen LogP contribution in [0.25, 0.3) is 0 Å². The van der Waals surface area contributed by atoms with E-state index in [2.05, 4.69) is 16.3 Å². The monoisotopic (exact) mass is 326 g/mol. The number of aryl methyl sites for hydroxylation is 1. The van der Waals surface area contributed by atoms with Gasteiger partial charge in [0.15, 0.2) is 11.5 Å². The predicted molar refractivity (Wildman–Crippen MR) is 86.8 cm³/mol. The summed E-state index contributed by atoms with van der Waals surface area (Å²) < 4.78 is 16.2. The molecule has 1 aliphatic heterocycles.